The van der Waals surface area contributed by atoms with Crippen molar-refractivity contribution in [2.75, 3.05) is 18.6 Å². The first-order chi connectivity index (χ1) is 8.83. The van der Waals surface area contributed by atoms with Gasteiger partial charge in [-0.05, 0) is 61.4 Å². The summed E-state index contributed by atoms with van der Waals surface area (Å²) in [6.07, 6.45) is 8.19. The number of thioether (sulfide) groups is 1. The first-order valence-corrected chi connectivity index (χ1v) is 8.25. The molecule has 0 aromatic heterocycles. The molecule has 0 fully saturated rings. The van der Waals surface area contributed by atoms with Crippen LogP contribution in [-0.4, -0.2) is 23.7 Å². The summed E-state index contributed by atoms with van der Waals surface area (Å²) in [5.41, 5.74) is 2.46. The minimum absolute atomic E-state index is 0.452. The molecule has 2 rings (SSSR count). The van der Waals surface area contributed by atoms with Gasteiger partial charge in [-0.1, -0.05) is 18.6 Å². The van der Waals surface area contributed by atoms with Gasteiger partial charge in [0.2, 0.25) is 0 Å². The van der Waals surface area contributed by atoms with Crippen molar-refractivity contribution in [2.24, 2.45) is 0 Å². The number of phenols is 1. The lowest BCUT2D eigenvalue weighted by Gasteiger charge is -2.14. The van der Waals surface area contributed by atoms with Crippen molar-refractivity contribution in [3.8, 4) is 5.75 Å². The molecule has 0 amide bonds. The van der Waals surface area contributed by atoms with E-state index < -0.39 is 0 Å². The second-order valence-electron chi connectivity index (χ2n) is 4.94. The number of aromatic hydroxyl groups is 1. The maximum absolute atomic E-state index is 9.79. The molecule has 0 spiro atoms. The summed E-state index contributed by atoms with van der Waals surface area (Å²) in [6.45, 7) is 1.09. The Morgan fingerprint density at radius 2 is 2.22 bits per heavy atom. The third-order valence-corrected chi connectivity index (χ3v) is 4.36. The fraction of sp³-hybridized carbons (Fsp3) is 0.600. The first-order valence-electron chi connectivity index (χ1n) is 6.86. The number of hydrogen-bond donors (Lipinski definition) is 2. The van der Waals surface area contributed by atoms with Crippen LogP contribution in [0.1, 0.15) is 42.9 Å². The monoisotopic (exact) mass is 265 g/mol. The zero-order chi connectivity index (χ0) is 12.8. The van der Waals surface area contributed by atoms with Crippen molar-refractivity contribution in [1.29, 1.82) is 0 Å². The van der Waals surface area contributed by atoms with Crippen LogP contribution in [0.25, 0.3) is 0 Å². The van der Waals surface area contributed by atoms with Crippen LogP contribution in [0.2, 0.25) is 0 Å². The molecule has 1 aromatic carbocycles. The minimum atomic E-state index is 0.452. The van der Waals surface area contributed by atoms with Gasteiger partial charge in [-0.3, -0.25) is 0 Å². The number of phenolic OH excluding ortho intramolecular Hbond substituents is 1. The largest absolute Gasteiger partial charge is 0.508 e. The van der Waals surface area contributed by atoms with Gasteiger partial charge in [0.05, 0.1) is 0 Å². The summed E-state index contributed by atoms with van der Waals surface area (Å²) in [7, 11) is 0. The van der Waals surface area contributed by atoms with E-state index in [4.69, 9.17) is 0 Å². The first kappa shape index (κ1) is 13.8. The fourth-order valence-corrected chi connectivity index (χ4v) is 3.16. The van der Waals surface area contributed by atoms with Crippen LogP contribution in [0.4, 0.5) is 0 Å². The zero-order valence-electron chi connectivity index (χ0n) is 11.1. The lowest BCUT2D eigenvalue weighted by atomic mass is 10.1. The van der Waals surface area contributed by atoms with Gasteiger partial charge in [0.25, 0.3) is 0 Å². The van der Waals surface area contributed by atoms with Crippen molar-refractivity contribution < 1.29 is 5.11 Å². The highest BCUT2D eigenvalue weighted by Crippen LogP contribution is 2.36. The average molecular weight is 265 g/mol. The molecular formula is C15H23NOS. The number of nitrogens with one attached hydrogen (secondary N) is 1. The van der Waals surface area contributed by atoms with Crippen molar-refractivity contribution in [1.82, 2.24) is 5.32 Å². The molecule has 1 unspecified atom stereocenters. The Hall–Kier alpha value is -0.670. The van der Waals surface area contributed by atoms with Gasteiger partial charge >= 0.3 is 0 Å². The molecule has 2 N–H and O–H groups in total. The molecule has 0 saturated carbocycles. The van der Waals surface area contributed by atoms with E-state index >= 15 is 0 Å². The standard InChI is InChI=1S/C15H23NOS/c1-18-11-4-2-3-10-16-14-9-8-13-12(14)6-5-7-15(13)17/h5-7,14,16-17H,2-4,8-11H2,1H3. The summed E-state index contributed by atoms with van der Waals surface area (Å²) in [4.78, 5) is 0. The van der Waals surface area contributed by atoms with Crippen LogP contribution >= 0.6 is 11.8 Å². The third kappa shape index (κ3) is 3.42. The Morgan fingerprint density at radius 1 is 1.33 bits per heavy atom. The Morgan fingerprint density at radius 3 is 3.06 bits per heavy atom. The van der Waals surface area contributed by atoms with Crippen LogP contribution in [0.5, 0.6) is 5.75 Å². The van der Waals surface area contributed by atoms with E-state index in [1.807, 2.05) is 17.8 Å². The lowest BCUT2D eigenvalue weighted by molar-refractivity contribution is 0.469. The van der Waals surface area contributed by atoms with E-state index in [9.17, 15) is 5.11 Å². The SMILES string of the molecule is CSCCCCCNC1CCc2c(O)cccc21. The summed E-state index contributed by atoms with van der Waals surface area (Å²) in [5.74, 6) is 1.75. The molecule has 0 radical (unpaired) electrons. The molecule has 100 valence electrons. The van der Waals surface area contributed by atoms with Crippen LogP contribution in [0.3, 0.4) is 0 Å². The number of hydrogen-bond acceptors (Lipinski definition) is 3. The van der Waals surface area contributed by atoms with Crippen molar-refractivity contribution >= 4 is 11.8 Å². The van der Waals surface area contributed by atoms with Crippen LogP contribution in [0, 0.1) is 0 Å². The maximum Gasteiger partial charge on any atom is 0.119 e. The van der Waals surface area contributed by atoms with Crippen molar-refractivity contribution in [2.45, 2.75) is 38.1 Å². The Kier molecular flexibility index (Phi) is 5.39. The minimum Gasteiger partial charge on any atom is -0.508 e. The van der Waals surface area contributed by atoms with E-state index in [-0.39, 0.29) is 0 Å². The van der Waals surface area contributed by atoms with E-state index in [1.165, 1.54) is 30.6 Å². The number of rotatable bonds is 7. The number of fused-ring (bicyclic) bond motifs is 1. The van der Waals surface area contributed by atoms with Gasteiger partial charge in [-0.15, -0.1) is 0 Å². The van der Waals surface area contributed by atoms with Crippen molar-refractivity contribution in [3.05, 3.63) is 29.3 Å². The lowest BCUT2D eigenvalue weighted by Crippen LogP contribution is -2.20. The highest BCUT2D eigenvalue weighted by atomic mass is 32.2. The predicted octanol–water partition coefficient (Wildman–Crippen LogP) is 3.50. The normalized spacial score (nSPS) is 17.9. The maximum atomic E-state index is 9.79. The summed E-state index contributed by atoms with van der Waals surface area (Å²) in [6, 6.07) is 6.34. The van der Waals surface area contributed by atoms with Crippen molar-refractivity contribution in [3.63, 3.8) is 0 Å². The topological polar surface area (TPSA) is 32.3 Å². The van der Waals surface area contributed by atoms with Gasteiger partial charge in [0, 0.05) is 6.04 Å². The zero-order valence-corrected chi connectivity index (χ0v) is 11.9. The van der Waals surface area contributed by atoms with Gasteiger partial charge in [-0.2, -0.15) is 11.8 Å². The molecule has 1 aliphatic carbocycles. The van der Waals surface area contributed by atoms with Crippen LogP contribution in [-0.2, 0) is 6.42 Å². The van der Waals surface area contributed by atoms with Crippen LogP contribution in [0.15, 0.2) is 18.2 Å². The molecule has 2 nitrogen and oxygen atoms in total. The van der Waals surface area contributed by atoms with Gasteiger partial charge in [0.1, 0.15) is 5.75 Å². The predicted molar refractivity (Wildman–Crippen MR) is 79.4 cm³/mol. The molecular weight excluding hydrogens is 242 g/mol. The van der Waals surface area contributed by atoms with E-state index in [2.05, 4.69) is 17.6 Å². The van der Waals surface area contributed by atoms with E-state index in [0.717, 1.165) is 24.9 Å². The molecule has 0 heterocycles. The van der Waals surface area contributed by atoms with Crippen LogP contribution < -0.4 is 5.32 Å². The highest BCUT2D eigenvalue weighted by molar-refractivity contribution is 7.98. The van der Waals surface area contributed by atoms with Gasteiger partial charge in [-0.25, -0.2) is 0 Å². The Bertz CT molecular complexity index is 381. The number of benzene rings is 1. The summed E-state index contributed by atoms with van der Waals surface area (Å²) in [5, 5.41) is 13.4. The second-order valence-corrected chi connectivity index (χ2v) is 5.93. The van der Waals surface area contributed by atoms with E-state index in [0.29, 0.717) is 11.8 Å². The molecule has 1 atom stereocenters. The molecule has 1 aliphatic rings. The summed E-state index contributed by atoms with van der Waals surface area (Å²) >= 11 is 1.93. The average Bonchev–Trinajstić information content (AvgIpc) is 2.79. The smallest absolute Gasteiger partial charge is 0.119 e. The number of unbranched alkanes of at least 4 members (excludes halogenated alkanes) is 2. The fourth-order valence-electron chi connectivity index (χ4n) is 2.67. The molecule has 1 aromatic rings. The molecule has 18 heavy (non-hydrogen) atoms. The molecule has 0 bridgehead atoms. The quantitative estimate of drug-likeness (QED) is 0.740. The molecule has 3 heteroatoms. The Balaban J connectivity index is 1.75. The van der Waals surface area contributed by atoms with Gasteiger partial charge in [0.15, 0.2) is 0 Å². The molecule has 0 aliphatic heterocycles. The Labute approximate surface area is 114 Å². The highest BCUT2D eigenvalue weighted by Gasteiger charge is 2.23. The van der Waals surface area contributed by atoms with Gasteiger partial charge < -0.3 is 10.4 Å². The van der Waals surface area contributed by atoms with E-state index in [1.54, 1.807) is 6.07 Å². The summed E-state index contributed by atoms with van der Waals surface area (Å²) < 4.78 is 0. The molecule has 0 saturated heterocycles. The third-order valence-electron chi connectivity index (χ3n) is 3.66. The second kappa shape index (κ2) is 7.05.